The van der Waals surface area contributed by atoms with Gasteiger partial charge in [0.15, 0.2) is 6.61 Å². The Kier molecular flexibility index (Phi) is 6.04. The zero-order chi connectivity index (χ0) is 22.7. The van der Waals surface area contributed by atoms with Crippen molar-refractivity contribution in [2.75, 3.05) is 11.9 Å². The molecule has 0 aliphatic carbocycles. The number of nitrogens with one attached hydrogen (secondary N) is 2. The predicted octanol–water partition coefficient (Wildman–Crippen LogP) is 3.47. The summed E-state index contributed by atoms with van der Waals surface area (Å²) in [6.45, 7) is 2.82. The van der Waals surface area contributed by atoms with E-state index in [1.165, 1.54) is 11.8 Å². The van der Waals surface area contributed by atoms with Gasteiger partial charge >= 0.3 is 5.97 Å². The second-order valence-electron chi connectivity index (χ2n) is 6.77. The zero-order valence-electron chi connectivity index (χ0n) is 17.2. The van der Waals surface area contributed by atoms with E-state index in [1.807, 2.05) is 30.3 Å². The maximum absolute atomic E-state index is 12.6. The average molecular weight is 450 g/mol. The number of rotatable bonds is 6. The molecule has 3 aromatic heterocycles. The number of aryl methyl sites for hydroxylation is 2. The molecule has 0 saturated heterocycles. The Morgan fingerprint density at radius 2 is 1.91 bits per heavy atom. The normalized spacial score (nSPS) is 10.8. The number of aromatic nitrogens is 3. The average Bonchev–Trinajstić information content (AvgIpc) is 3.12. The number of pyridine rings is 1. The molecule has 3 heterocycles. The number of carbonyl (C=O) groups excluding carboxylic acids is 2. The second-order valence-corrected chi connectivity index (χ2v) is 7.83. The Morgan fingerprint density at radius 3 is 2.69 bits per heavy atom. The topological polar surface area (TPSA) is 127 Å². The van der Waals surface area contributed by atoms with E-state index in [2.05, 4.69) is 20.5 Å². The quantitative estimate of drug-likeness (QED) is 0.428. The summed E-state index contributed by atoms with van der Waals surface area (Å²) in [5.41, 5.74) is 0.312. The molecular weight excluding hydrogens is 432 g/mol. The third-order valence-corrected chi connectivity index (χ3v) is 5.56. The Morgan fingerprint density at radius 1 is 1.12 bits per heavy atom. The van der Waals surface area contributed by atoms with Crippen LogP contribution in [0, 0.1) is 13.8 Å². The molecular formula is C22H18N4O5S. The fourth-order valence-electron chi connectivity index (χ4n) is 3.13. The van der Waals surface area contributed by atoms with E-state index in [0.717, 1.165) is 4.90 Å². The number of benzene rings is 1. The van der Waals surface area contributed by atoms with Gasteiger partial charge in [-0.05, 0) is 38.1 Å². The van der Waals surface area contributed by atoms with Crippen LogP contribution in [0.4, 0.5) is 5.88 Å². The summed E-state index contributed by atoms with van der Waals surface area (Å²) in [6.07, 6.45) is 1.58. The van der Waals surface area contributed by atoms with Crippen molar-refractivity contribution in [1.29, 1.82) is 0 Å². The number of hydrogen-bond acceptors (Lipinski definition) is 8. The molecule has 0 aliphatic heterocycles. The highest BCUT2D eigenvalue weighted by molar-refractivity contribution is 7.99. The highest BCUT2D eigenvalue weighted by Crippen LogP contribution is 2.29. The van der Waals surface area contributed by atoms with Crippen molar-refractivity contribution in [3.05, 3.63) is 76.0 Å². The molecule has 0 bridgehead atoms. The lowest BCUT2D eigenvalue weighted by Crippen LogP contribution is -2.22. The summed E-state index contributed by atoms with van der Waals surface area (Å²) < 4.78 is 10.7. The highest BCUT2D eigenvalue weighted by atomic mass is 32.2. The molecule has 0 spiro atoms. The van der Waals surface area contributed by atoms with Crippen molar-refractivity contribution in [2.45, 2.75) is 23.8 Å². The van der Waals surface area contributed by atoms with Crippen molar-refractivity contribution in [2.24, 2.45) is 0 Å². The molecule has 32 heavy (non-hydrogen) atoms. The molecule has 4 rings (SSSR count). The number of aromatic amines is 1. The number of amides is 1. The van der Waals surface area contributed by atoms with Gasteiger partial charge in [-0.25, -0.2) is 14.9 Å². The molecule has 1 amide bonds. The number of esters is 1. The Hall–Kier alpha value is -3.92. The van der Waals surface area contributed by atoms with E-state index in [4.69, 9.17) is 9.15 Å². The Balaban J connectivity index is 1.46. The highest BCUT2D eigenvalue weighted by Gasteiger charge is 2.20. The molecule has 4 aromatic rings. The fraction of sp³-hybridized carbons (Fsp3) is 0.136. The molecule has 0 aliphatic rings. The van der Waals surface area contributed by atoms with Gasteiger partial charge in [0.2, 0.25) is 5.88 Å². The first kappa shape index (κ1) is 21.3. The minimum Gasteiger partial charge on any atom is -0.452 e. The van der Waals surface area contributed by atoms with E-state index in [0.29, 0.717) is 21.9 Å². The van der Waals surface area contributed by atoms with Crippen LogP contribution < -0.4 is 10.9 Å². The minimum atomic E-state index is -0.690. The first-order valence-corrected chi connectivity index (χ1v) is 10.4. The van der Waals surface area contributed by atoms with Crippen LogP contribution in [-0.2, 0) is 9.53 Å². The summed E-state index contributed by atoms with van der Waals surface area (Å²) >= 11 is 1.31. The van der Waals surface area contributed by atoms with Gasteiger partial charge in [-0.15, -0.1) is 0 Å². The van der Waals surface area contributed by atoms with Crippen LogP contribution >= 0.6 is 11.8 Å². The number of ether oxygens (including phenoxy) is 1. The van der Waals surface area contributed by atoms with Crippen LogP contribution in [-0.4, -0.2) is 33.7 Å². The molecule has 0 radical (unpaired) electrons. The fourth-order valence-corrected chi connectivity index (χ4v) is 4.02. The van der Waals surface area contributed by atoms with Crippen molar-refractivity contribution < 1.29 is 18.7 Å². The standard InChI is InChI=1S/C22H18N4O5S/c1-12-17-13(2)31-20(18(17)19(28)26-25-12)24-16(27)11-30-22(29)15-9-6-10-23-21(15)32-14-7-4-3-5-8-14/h3-10H,11H2,1-2H3,(H,24,27)(H,26,28). The summed E-state index contributed by atoms with van der Waals surface area (Å²) in [6, 6.07) is 12.7. The summed E-state index contributed by atoms with van der Waals surface area (Å²) in [7, 11) is 0. The Labute approximate surface area is 186 Å². The monoisotopic (exact) mass is 450 g/mol. The number of H-pyrrole nitrogens is 1. The minimum absolute atomic E-state index is 0.0213. The SMILES string of the molecule is Cc1n[nH]c(=O)c2c(NC(=O)COC(=O)c3cccnc3Sc3ccccc3)oc(C)c12. The lowest BCUT2D eigenvalue weighted by molar-refractivity contribution is -0.119. The third kappa shape index (κ3) is 4.40. The molecule has 0 atom stereocenters. The third-order valence-electron chi connectivity index (χ3n) is 4.53. The van der Waals surface area contributed by atoms with Crippen LogP contribution in [0.2, 0.25) is 0 Å². The zero-order valence-corrected chi connectivity index (χ0v) is 18.0. The van der Waals surface area contributed by atoms with Crippen molar-refractivity contribution in [1.82, 2.24) is 15.2 Å². The van der Waals surface area contributed by atoms with E-state index in [-0.39, 0.29) is 16.8 Å². The molecule has 0 fully saturated rings. The molecule has 162 valence electrons. The number of furan rings is 1. The Bertz CT molecular complexity index is 1360. The van der Waals surface area contributed by atoms with Gasteiger partial charge in [-0.2, -0.15) is 5.10 Å². The number of nitrogens with zero attached hydrogens (tertiary/aromatic N) is 2. The molecule has 1 aromatic carbocycles. The number of anilines is 1. The van der Waals surface area contributed by atoms with E-state index in [1.54, 1.807) is 32.2 Å². The summed E-state index contributed by atoms with van der Waals surface area (Å²) in [5, 5.41) is 9.92. The first-order chi connectivity index (χ1) is 15.4. The van der Waals surface area contributed by atoms with Crippen LogP contribution in [0.1, 0.15) is 21.8 Å². The van der Waals surface area contributed by atoms with Gasteiger partial charge < -0.3 is 9.15 Å². The van der Waals surface area contributed by atoms with Crippen LogP contribution in [0.25, 0.3) is 10.8 Å². The van der Waals surface area contributed by atoms with Crippen LogP contribution in [0.5, 0.6) is 0 Å². The van der Waals surface area contributed by atoms with Crippen LogP contribution in [0.15, 0.2) is 67.8 Å². The van der Waals surface area contributed by atoms with Gasteiger partial charge in [0.1, 0.15) is 16.2 Å². The molecule has 0 saturated carbocycles. The predicted molar refractivity (Wildman–Crippen MR) is 118 cm³/mol. The van der Waals surface area contributed by atoms with E-state index in [9.17, 15) is 14.4 Å². The van der Waals surface area contributed by atoms with E-state index >= 15 is 0 Å². The van der Waals surface area contributed by atoms with Gasteiger partial charge in [0.25, 0.3) is 11.5 Å². The summed E-state index contributed by atoms with van der Waals surface area (Å²) in [4.78, 5) is 42.3. The van der Waals surface area contributed by atoms with Crippen molar-refractivity contribution >= 4 is 40.3 Å². The van der Waals surface area contributed by atoms with Gasteiger partial charge in [0, 0.05) is 11.1 Å². The largest absolute Gasteiger partial charge is 0.452 e. The second kappa shape index (κ2) is 9.06. The van der Waals surface area contributed by atoms with E-state index < -0.39 is 24.0 Å². The molecule has 10 heteroatoms. The number of hydrogen-bond donors (Lipinski definition) is 2. The van der Waals surface area contributed by atoms with Gasteiger partial charge in [0.05, 0.1) is 16.6 Å². The maximum Gasteiger partial charge on any atom is 0.341 e. The van der Waals surface area contributed by atoms with Gasteiger partial charge in [-0.3, -0.25) is 14.9 Å². The smallest absolute Gasteiger partial charge is 0.341 e. The van der Waals surface area contributed by atoms with Crippen molar-refractivity contribution in [3.63, 3.8) is 0 Å². The van der Waals surface area contributed by atoms with Crippen molar-refractivity contribution in [3.8, 4) is 0 Å². The molecule has 0 unspecified atom stereocenters. The first-order valence-electron chi connectivity index (χ1n) is 9.57. The number of fused-ring (bicyclic) bond motifs is 1. The van der Waals surface area contributed by atoms with Gasteiger partial charge in [-0.1, -0.05) is 30.0 Å². The lowest BCUT2D eigenvalue weighted by atomic mass is 10.2. The summed E-state index contributed by atoms with van der Waals surface area (Å²) in [5.74, 6) is -0.914. The lowest BCUT2D eigenvalue weighted by Gasteiger charge is -2.08. The number of carbonyl (C=O) groups is 2. The maximum atomic E-state index is 12.6. The molecule has 9 nitrogen and oxygen atoms in total. The van der Waals surface area contributed by atoms with Crippen LogP contribution in [0.3, 0.4) is 0 Å². The molecule has 2 N–H and O–H groups in total.